The van der Waals surface area contributed by atoms with E-state index in [2.05, 4.69) is 4.98 Å². The van der Waals surface area contributed by atoms with Crippen LogP contribution >= 0.6 is 22.9 Å². The quantitative estimate of drug-likeness (QED) is 0.796. The monoisotopic (exact) mass is 267 g/mol. The summed E-state index contributed by atoms with van der Waals surface area (Å²) in [6.45, 7) is 2.22. The second-order valence-corrected chi connectivity index (χ2v) is 5.25. The smallest absolute Gasteiger partial charge is 0.172 e. The van der Waals surface area contributed by atoms with Gasteiger partial charge < -0.3 is 4.74 Å². The van der Waals surface area contributed by atoms with Gasteiger partial charge in [0.1, 0.15) is 18.1 Å². The van der Waals surface area contributed by atoms with Crippen molar-refractivity contribution in [1.82, 2.24) is 4.98 Å². The number of aryl methyl sites for hydroxylation is 1. The molecule has 0 unspecified atom stereocenters. The maximum atomic E-state index is 10.8. The zero-order valence-electron chi connectivity index (χ0n) is 9.14. The highest BCUT2D eigenvalue weighted by atomic mass is 35.5. The van der Waals surface area contributed by atoms with Gasteiger partial charge in [-0.25, -0.2) is 4.98 Å². The fraction of sp³-hybridized carbons (Fsp3) is 0.167. The summed E-state index contributed by atoms with van der Waals surface area (Å²) < 4.78 is 6.26. The molecule has 0 aromatic carbocycles. The van der Waals surface area contributed by atoms with Crippen LogP contribution in [0.2, 0.25) is 4.34 Å². The second-order valence-electron chi connectivity index (χ2n) is 3.45. The van der Waals surface area contributed by atoms with E-state index < -0.39 is 0 Å². The van der Waals surface area contributed by atoms with Gasteiger partial charge >= 0.3 is 0 Å². The number of thiophene rings is 1. The first-order chi connectivity index (χ1) is 8.19. The van der Waals surface area contributed by atoms with Crippen LogP contribution < -0.4 is 4.74 Å². The molecule has 0 N–H and O–H groups in total. The number of nitrogens with zero attached hydrogens (tertiary/aromatic N) is 1. The summed E-state index contributed by atoms with van der Waals surface area (Å²) in [5, 5.41) is 0. The Morgan fingerprint density at radius 2 is 2.24 bits per heavy atom. The van der Waals surface area contributed by atoms with Gasteiger partial charge in [0.25, 0.3) is 0 Å². The molecule has 0 saturated carbocycles. The first-order valence-electron chi connectivity index (χ1n) is 4.99. The lowest BCUT2D eigenvalue weighted by molar-refractivity contribution is 0.111. The minimum absolute atomic E-state index is 0.327. The van der Waals surface area contributed by atoms with E-state index in [1.807, 2.05) is 25.1 Å². The summed E-state index contributed by atoms with van der Waals surface area (Å²) >= 11 is 7.27. The molecule has 2 aromatic rings. The van der Waals surface area contributed by atoms with E-state index in [-0.39, 0.29) is 0 Å². The summed E-state index contributed by atoms with van der Waals surface area (Å²) in [6.07, 6.45) is 0.698. The fourth-order valence-electron chi connectivity index (χ4n) is 1.35. The number of rotatable bonds is 4. The minimum atomic E-state index is 0.327. The first kappa shape index (κ1) is 12.1. The van der Waals surface area contributed by atoms with Gasteiger partial charge in [-0.1, -0.05) is 11.6 Å². The van der Waals surface area contributed by atoms with Crippen LogP contribution in [0.1, 0.15) is 21.1 Å². The molecule has 0 radical (unpaired) electrons. The van der Waals surface area contributed by atoms with Crippen molar-refractivity contribution in [2.45, 2.75) is 13.5 Å². The molecule has 17 heavy (non-hydrogen) atoms. The van der Waals surface area contributed by atoms with E-state index in [9.17, 15) is 4.79 Å². The lowest BCUT2D eigenvalue weighted by Crippen LogP contribution is -1.99. The Morgan fingerprint density at radius 1 is 1.41 bits per heavy atom. The normalized spacial score (nSPS) is 10.2. The average Bonchev–Trinajstić information content (AvgIpc) is 2.73. The van der Waals surface area contributed by atoms with Crippen molar-refractivity contribution in [3.8, 4) is 5.75 Å². The Hall–Kier alpha value is -1.39. The number of pyridine rings is 1. The summed E-state index contributed by atoms with van der Waals surface area (Å²) in [5.74, 6) is 0.495. The van der Waals surface area contributed by atoms with Gasteiger partial charge in [0.05, 0.1) is 4.34 Å². The molecule has 3 nitrogen and oxygen atoms in total. The van der Waals surface area contributed by atoms with Gasteiger partial charge in [0.15, 0.2) is 6.29 Å². The number of carbonyl (C=O) groups is 1. The summed E-state index contributed by atoms with van der Waals surface area (Å²) in [4.78, 5) is 15.9. The van der Waals surface area contributed by atoms with Gasteiger partial charge in [-0.2, -0.15) is 0 Å². The number of hydrogen-bond acceptors (Lipinski definition) is 4. The lowest BCUT2D eigenvalue weighted by Gasteiger charge is -2.06. The Bertz CT molecular complexity index is 539. The predicted molar refractivity (Wildman–Crippen MR) is 68.0 cm³/mol. The molecule has 0 amide bonds. The third-order valence-electron chi connectivity index (χ3n) is 2.14. The Balaban J connectivity index is 2.11. The zero-order valence-corrected chi connectivity index (χ0v) is 10.7. The zero-order chi connectivity index (χ0) is 12.3. The Kier molecular flexibility index (Phi) is 3.76. The van der Waals surface area contributed by atoms with Crippen molar-refractivity contribution in [2.75, 3.05) is 0 Å². The van der Waals surface area contributed by atoms with Crippen LogP contribution in [0.25, 0.3) is 0 Å². The van der Waals surface area contributed by atoms with Crippen molar-refractivity contribution >= 4 is 29.2 Å². The molecular formula is C12H10ClNO2S. The van der Waals surface area contributed by atoms with Gasteiger partial charge in [0, 0.05) is 10.6 Å². The molecule has 0 aliphatic rings. The predicted octanol–water partition coefficient (Wildman–Crippen LogP) is 3.50. The van der Waals surface area contributed by atoms with Gasteiger partial charge in [-0.05, 0) is 31.2 Å². The van der Waals surface area contributed by atoms with Crippen LogP contribution in [0.5, 0.6) is 5.75 Å². The SMILES string of the molecule is Cc1ccc(OCc2ccc(Cl)s2)c(C=O)n1. The Morgan fingerprint density at radius 3 is 2.88 bits per heavy atom. The van der Waals surface area contributed by atoms with Gasteiger partial charge in [0.2, 0.25) is 0 Å². The highest BCUT2D eigenvalue weighted by Crippen LogP contribution is 2.23. The largest absolute Gasteiger partial charge is 0.486 e. The third-order valence-corrected chi connectivity index (χ3v) is 3.34. The molecular weight excluding hydrogens is 258 g/mol. The minimum Gasteiger partial charge on any atom is -0.486 e. The average molecular weight is 268 g/mol. The number of ether oxygens (including phenoxy) is 1. The number of aldehydes is 1. The molecule has 2 heterocycles. The summed E-state index contributed by atoms with van der Waals surface area (Å²) in [5.41, 5.74) is 1.12. The van der Waals surface area contributed by atoms with E-state index in [0.717, 1.165) is 14.9 Å². The van der Waals surface area contributed by atoms with E-state index in [0.29, 0.717) is 24.3 Å². The summed E-state index contributed by atoms with van der Waals surface area (Å²) in [7, 11) is 0. The van der Waals surface area contributed by atoms with Crippen LogP contribution in [0.15, 0.2) is 24.3 Å². The van der Waals surface area contributed by atoms with E-state index >= 15 is 0 Å². The molecule has 0 fully saturated rings. The Labute approximate surface area is 108 Å². The van der Waals surface area contributed by atoms with Crippen LogP contribution in [0.3, 0.4) is 0 Å². The number of halogens is 1. The van der Waals surface area contributed by atoms with Crippen molar-refractivity contribution in [1.29, 1.82) is 0 Å². The molecule has 0 spiro atoms. The third kappa shape index (κ3) is 3.05. The van der Waals surface area contributed by atoms with E-state index in [1.165, 1.54) is 11.3 Å². The fourth-order valence-corrected chi connectivity index (χ4v) is 2.35. The van der Waals surface area contributed by atoms with Crippen LogP contribution in [-0.2, 0) is 6.61 Å². The van der Waals surface area contributed by atoms with Crippen LogP contribution in [0.4, 0.5) is 0 Å². The molecule has 0 saturated heterocycles. The molecule has 0 aliphatic carbocycles. The topological polar surface area (TPSA) is 39.2 Å². The van der Waals surface area contributed by atoms with E-state index in [1.54, 1.807) is 6.07 Å². The number of hydrogen-bond donors (Lipinski definition) is 0. The molecule has 5 heteroatoms. The maximum absolute atomic E-state index is 10.8. The van der Waals surface area contributed by atoms with Crippen LogP contribution in [0, 0.1) is 6.92 Å². The number of aromatic nitrogens is 1. The molecule has 0 aliphatic heterocycles. The molecule has 88 valence electrons. The van der Waals surface area contributed by atoms with Crippen molar-refractivity contribution in [2.24, 2.45) is 0 Å². The van der Waals surface area contributed by atoms with Crippen molar-refractivity contribution < 1.29 is 9.53 Å². The van der Waals surface area contributed by atoms with E-state index in [4.69, 9.17) is 16.3 Å². The highest BCUT2D eigenvalue weighted by Gasteiger charge is 2.06. The molecule has 2 rings (SSSR count). The molecule has 2 aromatic heterocycles. The van der Waals surface area contributed by atoms with Gasteiger partial charge in [-0.15, -0.1) is 11.3 Å². The standard InChI is InChI=1S/C12H10ClNO2S/c1-8-2-4-11(10(6-15)14-8)16-7-9-3-5-12(13)17-9/h2-6H,7H2,1H3. The molecule has 0 bridgehead atoms. The van der Waals surface area contributed by atoms with Crippen molar-refractivity contribution in [3.05, 3.63) is 44.9 Å². The van der Waals surface area contributed by atoms with Crippen LogP contribution in [-0.4, -0.2) is 11.3 Å². The van der Waals surface area contributed by atoms with Crippen molar-refractivity contribution in [3.63, 3.8) is 0 Å². The summed E-state index contributed by atoms with van der Waals surface area (Å²) in [6, 6.07) is 7.28. The maximum Gasteiger partial charge on any atom is 0.172 e. The van der Waals surface area contributed by atoms with Gasteiger partial charge in [-0.3, -0.25) is 4.79 Å². The molecule has 0 atom stereocenters. The lowest BCUT2D eigenvalue weighted by atomic mass is 10.3. The first-order valence-corrected chi connectivity index (χ1v) is 6.18. The second kappa shape index (κ2) is 5.29. The number of carbonyl (C=O) groups excluding carboxylic acids is 1. The highest BCUT2D eigenvalue weighted by molar-refractivity contribution is 7.16.